The van der Waals surface area contributed by atoms with E-state index in [1.54, 1.807) is 7.11 Å². The second-order valence-electron chi connectivity index (χ2n) is 8.62. The Morgan fingerprint density at radius 2 is 2.03 bits per heavy atom. The zero-order chi connectivity index (χ0) is 20.8. The molecule has 7 nitrogen and oxygen atoms in total. The number of rotatable bonds is 7. The maximum atomic E-state index is 13.0. The van der Waals surface area contributed by atoms with E-state index in [9.17, 15) is 4.79 Å². The van der Waals surface area contributed by atoms with E-state index in [0.717, 1.165) is 18.0 Å². The third kappa shape index (κ3) is 5.19. The molecular formula is C23H35N3O4. The molecule has 0 radical (unpaired) electrons. The topological polar surface area (TPSA) is 63.3 Å². The smallest absolute Gasteiger partial charge is 0.317 e. The third-order valence-electron chi connectivity index (χ3n) is 6.58. The number of amides is 2. The maximum absolute atomic E-state index is 13.0. The van der Waals surface area contributed by atoms with Gasteiger partial charge in [0.25, 0.3) is 0 Å². The largest absolute Gasteiger partial charge is 0.486 e. The number of carbonyl (C=O) groups excluding carboxylic acids is 1. The molecule has 1 aromatic carbocycles. The summed E-state index contributed by atoms with van der Waals surface area (Å²) in [6, 6.07) is 8.23. The number of hydrogen-bond donors (Lipinski definition) is 1. The highest BCUT2D eigenvalue weighted by molar-refractivity contribution is 5.74. The first kappa shape index (κ1) is 21.2. The molecule has 0 bridgehead atoms. The van der Waals surface area contributed by atoms with E-state index in [4.69, 9.17) is 14.2 Å². The average Bonchev–Trinajstić information content (AvgIpc) is 2.80. The van der Waals surface area contributed by atoms with Crippen molar-refractivity contribution in [1.29, 1.82) is 0 Å². The van der Waals surface area contributed by atoms with Gasteiger partial charge in [0.05, 0.1) is 13.2 Å². The van der Waals surface area contributed by atoms with E-state index in [1.165, 1.54) is 45.2 Å². The molecule has 2 amide bonds. The van der Waals surface area contributed by atoms with Gasteiger partial charge >= 0.3 is 6.03 Å². The van der Waals surface area contributed by atoms with Crippen LogP contribution in [0.3, 0.4) is 0 Å². The second-order valence-corrected chi connectivity index (χ2v) is 8.62. The Balaban J connectivity index is 1.32. The summed E-state index contributed by atoms with van der Waals surface area (Å²) in [7, 11) is 1.68. The van der Waals surface area contributed by atoms with Crippen LogP contribution in [0.2, 0.25) is 0 Å². The molecule has 7 heteroatoms. The molecule has 3 atom stereocenters. The zero-order valence-corrected chi connectivity index (χ0v) is 18.1. The SMILES string of the molecule is COCCN(CC1CCCN2CCCCC12)C(=O)NCC1COc2ccccc2O1. The Hall–Kier alpha value is -1.99. The van der Waals surface area contributed by atoms with Crippen LogP contribution in [0, 0.1) is 5.92 Å². The summed E-state index contributed by atoms with van der Waals surface area (Å²) in [6.07, 6.45) is 6.13. The fraction of sp³-hybridized carbons (Fsp3) is 0.696. The van der Waals surface area contributed by atoms with Crippen LogP contribution in [0.5, 0.6) is 11.5 Å². The number of fused-ring (bicyclic) bond motifs is 2. The predicted molar refractivity (Wildman–Crippen MR) is 115 cm³/mol. The van der Waals surface area contributed by atoms with Gasteiger partial charge in [0, 0.05) is 26.2 Å². The first-order valence-electron chi connectivity index (χ1n) is 11.4. The summed E-state index contributed by atoms with van der Waals surface area (Å²) in [5.41, 5.74) is 0. The summed E-state index contributed by atoms with van der Waals surface area (Å²) >= 11 is 0. The lowest BCUT2D eigenvalue weighted by molar-refractivity contribution is 0.0413. The summed E-state index contributed by atoms with van der Waals surface area (Å²) in [5.74, 6) is 2.04. The van der Waals surface area contributed by atoms with Crippen LogP contribution in [0.15, 0.2) is 24.3 Å². The van der Waals surface area contributed by atoms with E-state index < -0.39 is 0 Å². The minimum absolute atomic E-state index is 0.0394. The normalized spacial score (nSPS) is 26.0. The van der Waals surface area contributed by atoms with Crippen LogP contribution in [0.1, 0.15) is 32.1 Å². The Morgan fingerprint density at radius 1 is 1.20 bits per heavy atom. The zero-order valence-electron chi connectivity index (χ0n) is 18.1. The highest BCUT2D eigenvalue weighted by atomic mass is 16.6. The van der Waals surface area contributed by atoms with E-state index >= 15 is 0 Å². The van der Waals surface area contributed by atoms with Gasteiger partial charge in [0.2, 0.25) is 0 Å². The highest BCUT2D eigenvalue weighted by Gasteiger charge is 2.34. The lowest BCUT2D eigenvalue weighted by Gasteiger charge is -2.45. The molecule has 1 N–H and O–H groups in total. The number of benzene rings is 1. The van der Waals surface area contributed by atoms with Crippen molar-refractivity contribution in [3.63, 3.8) is 0 Å². The Kier molecular flexibility index (Phi) is 7.33. The van der Waals surface area contributed by atoms with Gasteiger partial charge in [0.15, 0.2) is 17.6 Å². The molecule has 3 aliphatic heterocycles. The number of urea groups is 1. The highest BCUT2D eigenvalue weighted by Crippen LogP contribution is 2.32. The number of para-hydroxylation sites is 2. The molecule has 3 unspecified atom stereocenters. The van der Waals surface area contributed by atoms with Crippen molar-refractivity contribution in [3.05, 3.63) is 24.3 Å². The molecule has 4 rings (SSSR count). The van der Waals surface area contributed by atoms with Crippen LogP contribution >= 0.6 is 0 Å². The molecule has 2 fully saturated rings. The molecular weight excluding hydrogens is 382 g/mol. The van der Waals surface area contributed by atoms with Crippen LogP contribution in [0.25, 0.3) is 0 Å². The van der Waals surface area contributed by atoms with Gasteiger partial charge < -0.3 is 29.3 Å². The number of nitrogens with zero attached hydrogens (tertiary/aromatic N) is 2. The van der Waals surface area contributed by atoms with Gasteiger partial charge in [-0.2, -0.15) is 0 Å². The third-order valence-corrected chi connectivity index (χ3v) is 6.58. The fourth-order valence-electron chi connectivity index (χ4n) is 5.03. The quantitative estimate of drug-likeness (QED) is 0.739. The molecule has 3 heterocycles. The summed E-state index contributed by atoms with van der Waals surface area (Å²) in [6.45, 7) is 5.24. The lowest BCUT2D eigenvalue weighted by atomic mass is 9.83. The van der Waals surface area contributed by atoms with Gasteiger partial charge in [-0.25, -0.2) is 4.79 Å². The van der Waals surface area contributed by atoms with Crippen molar-refractivity contribution >= 4 is 6.03 Å². The number of methoxy groups -OCH3 is 1. The Morgan fingerprint density at radius 3 is 2.90 bits per heavy atom. The van der Waals surface area contributed by atoms with Crippen molar-refractivity contribution < 1.29 is 19.0 Å². The van der Waals surface area contributed by atoms with Crippen molar-refractivity contribution in [3.8, 4) is 11.5 Å². The Bertz CT molecular complexity index is 699. The van der Waals surface area contributed by atoms with Gasteiger partial charge in [-0.3, -0.25) is 0 Å². The average molecular weight is 418 g/mol. The van der Waals surface area contributed by atoms with Crippen molar-refractivity contribution in [2.75, 3.05) is 53.0 Å². The summed E-state index contributed by atoms with van der Waals surface area (Å²) in [4.78, 5) is 17.6. The molecule has 166 valence electrons. The summed E-state index contributed by atoms with van der Waals surface area (Å²) in [5, 5.41) is 3.07. The number of carbonyl (C=O) groups is 1. The molecule has 3 aliphatic rings. The predicted octanol–water partition coefficient (Wildman–Crippen LogP) is 2.75. The van der Waals surface area contributed by atoms with Crippen LogP contribution in [-0.2, 0) is 4.74 Å². The van der Waals surface area contributed by atoms with Crippen molar-refractivity contribution in [2.45, 2.75) is 44.2 Å². The molecule has 0 aliphatic carbocycles. The number of piperidine rings is 2. The standard InChI is InChI=1S/C23H35N3O4/c1-28-14-13-26(16-18-7-6-12-25-11-5-4-8-20(18)25)23(27)24-15-19-17-29-21-9-2-3-10-22(21)30-19/h2-3,9-10,18-20H,4-8,11-17H2,1H3,(H,24,27). The van der Waals surface area contributed by atoms with E-state index in [-0.39, 0.29) is 12.1 Å². The van der Waals surface area contributed by atoms with Crippen molar-refractivity contribution in [1.82, 2.24) is 15.1 Å². The molecule has 1 aromatic rings. The first-order valence-corrected chi connectivity index (χ1v) is 11.4. The first-order chi connectivity index (χ1) is 14.7. The summed E-state index contributed by atoms with van der Waals surface area (Å²) < 4.78 is 17.0. The van der Waals surface area contributed by atoms with Gasteiger partial charge in [-0.15, -0.1) is 0 Å². The Labute approximate surface area is 179 Å². The maximum Gasteiger partial charge on any atom is 0.317 e. The molecule has 2 saturated heterocycles. The van der Waals surface area contributed by atoms with Crippen molar-refractivity contribution in [2.24, 2.45) is 5.92 Å². The van der Waals surface area contributed by atoms with Crippen LogP contribution in [-0.4, -0.2) is 81.0 Å². The number of nitrogens with one attached hydrogen (secondary N) is 1. The monoisotopic (exact) mass is 417 g/mol. The van der Waals surface area contributed by atoms with E-state index in [1.807, 2.05) is 29.2 Å². The molecule has 0 aromatic heterocycles. The van der Waals surface area contributed by atoms with Gasteiger partial charge in [0.1, 0.15) is 6.61 Å². The van der Waals surface area contributed by atoms with Gasteiger partial charge in [-0.1, -0.05) is 18.6 Å². The number of ether oxygens (including phenoxy) is 3. The fourth-order valence-corrected chi connectivity index (χ4v) is 5.03. The van der Waals surface area contributed by atoms with Gasteiger partial charge in [-0.05, 0) is 56.8 Å². The van der Waals surface area contributed by atoms with E-state index in [0.29, 0.717) is 38.3 Å². The molecule has 0 spiro atoms. The lowest BCUT2D eigenvalue weighted by Crippen LogP contribution is -2.54. The van der Waals surface area contributed by atoms with Crippen LogP contribution in [0.4, 0.5) is 4.79 Å². The number of hydrogen-bond acceptors (Lipinski definition) is 5. The molecule has 30 heavy (non-hydrogen) atoms. The van der Waals surface area contributed by atoms with Crippen LogP contribution < -0.4 is 14.8 Å². The van der Waals surface area contributed by atoms with E-state index in [2.05, 4.69) is 10.2 Å². The molecule has 0 saturated carbocycles. The second kappa shape index (κ2) is 10.4. The minimum atomic E-state index is -0.184. The minimum Gasteiger partial charge on any atom is -0.486 e.